The van der Waals surface area contributed by atoms with Crippen LogP contribution in [0.4, 0.5) is 0 Å². The molecule has 2 aliphatic rings. The number of hydrogen-bond acceptors (Lipinski definition) is 2. The quantitative estimate of drug-likeness (QED) is 0.559. The van der Waals surface area contributed by atoms with Gasteiger partial charge in [0.15, 0.2) is 0 Å². The van der Waals surface area contributed by atoms with Crippen molar-refractivity contribution in [2.75, 3.05) is 13.6 Å². The Bertz CT molecular complexity index is 238. The molecular weight excluding hydrogens is 160 g/mol. The van der Waals surface area contributed by atoms with Crippen LogP contribution in [-0.2, 0) is 0 Å². The molecule has 0 radical (unpaired) electrons. The van der Waals surface area contributed by atoms with Gasteiger partial charge in [-0.3, -0.25) is 4.99 Å². The molecule has 2 heteroatoms. The third-order valence-electron chi connectivity index (χ3n) is 2.53. The monoisotopic (exact) mass is 180 g/mol. The molecule has 0 aliphatic carbocycles. The maximum atomic E-state index is 4.55. The first-order valence-electron chi connectivity index (χ1n) is 5.24. The van der Waals surface area contributed by atoms with Crippen LogP contribution in [0.3, 0.4) is 0 Å². The molecule has 0 amide bonds. The fourth-order valence-electron chi connectivity index (χ4n) is 1.81. The van der Waals surface area contributed by atoms with E-state index in [1.54, 1.807) is 0 Å². The van der Waals surface area contributed by atoms with Gasteiger partial charge in [-0.1, -0.05) is 13.8 Å². The van der Waals surface area contributed by atoms with Gasteiger partial charge in [0.2, 0.25) is 0 Å². The molecule has 0 aromatic carbocycles. The third kappa shape index (κ3) is 2.11. The zero-order chi connectivity index (χ0) is 9.84. The molecule has 0 fully saturated rings. The van der Waals surface area contributed by atoms with Crippen molar-refractivity contribution in [3.05, 3.63) is 11.4 Å². The normalized spacial score (nSPS) is 20.6. The molecule has 0 aromatic rings. The largest absolute Gasteiger partial charge is 0.376 e. The van der Waals surface area contributed by atoms with E-state index in [1.807, 2.05) is 13.8 Å². The Kier molecular flexibility index (Phi) is 3.52. The van der Waals surface area contributed by atoms with Crippen molar-refractivity contribution in [3.8, 4) is 0 Å². The topological polar surface area (TPSA) is 15.6 Å². The molecule has 0 aromatic heterocycles. The molecule has 0 unspecified atom stereocenters. The number of hydrogen-bond donors (Lipinski definition) is 0. The molecule has 13 heavy (non-hydrogen) atoms. The summed E-state index contributed by atoms with van der Waals surface area (Å²) < 4.78 is 0. The van der Waals surface area contributed by atoms with Gasteiger partial charge in [-0.05, 0) is 19.8 Å². The third-order valence-corrected chi connectivity index (χ3v) is 2.53. The fraction of sp³-hybridized carbons (Fsp3) is 0.727. The van der Waals surface area contributed by atoms with Crippen LogP contribution >= 0.6 is 0 Å². The molecule has 0 saturated heterocycles. The van der Waals surface area contributed by atoms with Gasteiger partial charge in [0, 0.05) is 31.4 Å². The van der Waals surface area contributed by atoms with E-state index in [0.717, 1.165) is 12.8 Å². The van der Waals surface area contributed by atoms with Gasteiger partial charge in [-0.2, -0.15) is 0 Å². The SMILES string of the molecule is CC.CC1=NC2=C(CC1)N(C)CC2. The standard InChI is InChI=1S/C9H14N2.C2H6/c1-7-3-4-9-8(10-7)5-6-11(9)2;1-2/h3-6H2,1-2H3;1-2H3. The Hall–Kier alpha value is -0.790. The Balaban J connectivity index is 0.000000396. The number of aliphatic imine (C=N–C) groups is 1. The lowest BCUT2D eigenvalue weighted by Crippen LogP contribution is -2.14. The second-order valence-corrected chi connectivity index (χ2v) is 3.41. The summed E-state index contributed by atoms with van der Waals surface area (Å²) in [6, 6.07) is 0. The van der Waals surface area contributed by atoms with Gasteiger partial charge in [0.25, 0.3) is 0 Å². The summed E-state index contributed by atoms with van der Waals surface area (Å²) in [5.74, 6) is 0. The average molecular weight is 180 g/mol. The molecule has 2 heterocycles. The minimum Gasteiger partial charge on any atom is -0.376 e. The van der Waals surface area contributed by atoms with Crippen molar-refractivity contribution in [3.63, 3.8) is 0 Å². The van der Waals surface area contributed by atoms with Crippen LogP contribution < -0.4 is 0 Å². The van der Waals surface area contributed by atoms with E-state index in [0.29, 0.717) is 0 Å². The summed E-state index contributed by atoms with van der Waals surface area (Å²) in [5, 5.41) is 0. The molecular formula is C11H20N2. The summed E-state index contributed by atoms with van der Waals surface area (Å²) >= 11 is 0. The number of nitrogens with zero attached hydrogens (tertiary/aromatic N) is 2. The molecule has 2 aliphatic heterocycles. The first-order valence-corrected chi connectivity index (χ1v) is 5.24. The molecule has 2 nitrogen and oxygen atoms in total. The molecule has 74 valence electrons. The predicted octanol–water partition coefficient (Wildman–Crippen LogP) is 2.81. The van der Waals surface area contributed by atoms with Gasteiger partial charge in [0.05, 0.1) is 5.70 Å². The zero-order valence-electron chi connectivity index (χ0n) is 9.22. The lowest BCUT2D eigenvalue weighted by atomic mass is 10.1. The molecule has 0 atom stereocenters. The van der Waals surface area contributed by atoms with Gasteiger partial charge in [0.1, 0.15) is 0 Å². The van der Waals surface area contributed by atoms with E-state index < -0.39 is 0 Å². The first-order chi connectivity index (χ1) is 6.27. The van der Waals surface area contributed by atoms with E-state index in [9.17, 15) is 0 Å². The van der Waals surface area contributed by atoms with Gasteiger partial charge < -0.3 is 4.90 Å². The van der Waals surface area contributed by atoms with Gasteiger partial charge in [-0.15, -0.1) is 0 Å². The lowest BCUT2D eigenvalue weighted by Gasteiger charge is -2.18. The van der Waals surface area contributed by atoms with Crippen molar-refractivity contribution < 1.29 is 0 Å². The summed E-state index contributed by atoms with van der Waals surface area (Å²) in [6.07, 6.45) is 3.52. The summed E-state index contributed by atoms with van der Waals surface area (Å²) in [6.45, 7) is 7.30. The molecule has 0 saturated carbocycles. The Morgan fingerprint density at radius 2 is 1.85 bits per heavy atom. The minimum atomic E-state index is 1.16. The van der Waals surface area contributed by atoms with Crippen molar-refractivity contribution in [1.82, 2.24) is 4.90 Å². The summed E-state index contributed by atoms with van der Waals surface area (Å²) in [4.78, 5) is 6.89. The zero-order valence-corrected chi connectivity index (χ0v) is 9.22. The maximum absolute atomic E-state index is 4.55. The van der Waals surface area contributed by atoms with Gasteiger partial charge in [-0.25, -0.2) is 0 Å². The number of rotatable bonds is 0. The van der Waals surface area contributed by atoms with Crippen molar-refractivity contribution in [2.45, 2.75) is 40.0 Å². The van der Waals surface area contributed by atoms with Crippen molar-refractivity contribution in [2.24, 2.45) is 4.99 Å². The summed E-state index contributed by atoms with van der Waals surface area (Å²) in [7, 11) is 2.17. The highest BCUT2D eigenvalue weighted by Crippen LogP contribution is 2.29. The van der Waals surface area contributed by atoms with E-state index in [1.165, 1.54) is 30.1 Å². The second kappa shape index (κ2) is 4.45. The highest BCUT2D eigenvalue weighted by molar-refractivity contribution is 5.84. The van der Waals surface area contributed by atoms with Crippen LogP contribution in [0.15, 0.2) is 16.4 Å². The van der Waals surface area contributed by atoms with E-state index in [2.05, 4.69) is 23.9 Å². The van der Waals surface area contributed by atoms with Crippen molar-refractivity contribution in [1.29, 1.82) is 0 Å². The van der Waals surface area contributed by atoms with Crippen molar-refractivity contribution >= 4 is 5.71 Å². The van der Waals surface area contributed by atoms with Crippen LogP contribution in [0.2, 0.25) is 0 Å². The second-order valence-electron chi connectivity index (χ2n) is 3.41. The molecule has 2 rings (SSSR count). The lowest BCUT2D eigenvalue weighted by molar-refractivity contribution is 0.443. The number of allylic oxidation sites excluding steroid dienone is 1. The van der Waals surface area contributed by atoms with Crippen LogP contribution in [0.5, 0.6) is 0 Å². The minimum absolute atomic E-state index is 1.16. The molecule has 0 bridgehead atoms. The van der Waals surface area contributed by atoms with E-state index >= 15 is 0 Å². The van der Waals surface area contributed by atoms with Gasteiger partial charge >= 0.3 is 0 Å². The van der Waals surface area contributed by atoms with E-state index in [4.69, 9.17) is 0 Å². The average Bonchev–Trinajstić information content (AvgIpc) is 2.51. The first kappa shape index (κ1) is 10.3. The van der Waals surface area contributed by atoms with Crippen LogP contribution in [0.25, 0.3) is 0 Å². The van der Waals surface area contributed by atoms with E-state index in [-0.39, 0.29) is 0 Å². The Morgan fingerprint density at radius 1 is 1.15 bits per heavy atom. The van der Waals surface area contributed by atoms with Crippen LogP contribution in [-0.4, -0.2) is 24.2 Å². The maximum Gasteiger partial charge on any atom is 0.0611 e. The fourth-order valence-corrected chi connectivity index (χ4v) is 1.81. The van der Waals surface area contributed by atoms with Crippen LogP contribution in [0, 0.1) is 0 Å². The Labute approximate surface area is 81.3 Å². The molecule has 0 N–H and O–H groups in total. The van der Waals surface area contributed by atoms with Crippen LogP contribution in [0.1, 0.15) is 40.0 Å². The highest BCUT2D eigenvalue weighted by Gasteiger charge is 2.21. The molecule has 0 spiro atoms. The summed E-state index contributed by atoms with van der Waals surface area (Å²) in [5.41, 5.74) is 4.13. The Morgan fingerprint density at radius 3 is 2.54 bits per heavy atom. The highest BCUT2D eigenvalue weighted by atomic mass is 15.1. The predicted molar refractivity (Wildman–Crippen MR) is 58.0 cm³/mol. The smallest absolute Gasteiger partial charge is 0.0611 e.